The largest absolute Gasteiger partial charge is 0.366 e. The quantitative estimate of drug-likeness (QED) is 0.555. The van der Waals surface area contributed by atoms with E-state index in [4.69, 9.17) is 5.73 Å². The monoisotopic (exact) mass is 390 g/mol. The molecule has 0 saturated carbocycles. The molecule has 1 aliphatic rings. The van der Waals surface area contributed by atoms with E-state index in [1.165, 1.54) is 41.5 Å². The van der Waals surface area contributed by atoms with Crippen molar-refractivity contribution in [3.05, 3.63) is 64.9 Å². The second-order valence-corrected chi connectivity index (χ2v) is 8.34. The Morgan fingerprint density at radius 2 is 2.10 bits per heavy atom. The standard InChI is InChI=1S/C26H34N2O/c1-6-16(4)23-22(14-17(5)24(26(27)29)25(23)28-8-3)20-12-13-21-18(7-2)10-9-11-19(21)15-20/h8,12-16,18,28H,3,6-7,9-11H2,1-2,4-5H3,(H2,27,29). The zero-order valence-electron chi connectivity index (χ0n) is 18.3. The van der Waals surface area contributed by atoms with Crippen LogP contribution in [0, 0.1) is 6.92 Å². The zero-order chi connectivity index (χ0) is 21.1. The molecule has 2 unspecified atom stereocenters. The molecule has 154 valence electrons. The molecule has 1 amide bonds. The van der Waals surface area contributed by atoms with E-state index in [2.05, 4.69) is 56.9 Å². The van der Waals surface area contributed by atoms with E-state index in [0.717, 1.165) is 29.7 Å². The van der Waals surface area contributed by atoms with Gasteiger partial charge < -0.3 is 11.1 Å². The van der Waals surface area contributed by atoms with Crippen molar-refractivity contribution in [1.29, 1.82) is 0 Å². The number of anilines is 1. The number of benzene rings is 2. The van der Waals surface area contributed by atoms with E-state index in [1.807, 2.05) is 6.92 Å². The first-order valence-corrected chi connectivity index (χ1v) is 10.9. The molecule has 3 N–H and O–H groups in total. The van der Waals surface area contributed by atoms with Gasteiger partial charge in [0.25, 0.3) is 5.91 Å². The van der Waals surface area contributed by atoms with Gasteiger partial charge in [-0.05, 0) is 90.4 Å². The third-order valence-corrected chi connectivity index (χ3v) is 6.55. The molecule has 0 saturated heterocycles. The number of hydrogen-bond donors (Lipinski definition) is 2. The average Bonchev–Trinajstić information content (AvgIpc) is 2.71. The summed E-state index contributed by atoms with van der Waals surface area (Å²) in [7, 11) is 0. The lowest BCUT2D eigenvalue weighted by atomic mass is 9.79. The molecular formula is C26H34N2O. The summed E-state index contributed by atoms with van der Waals surface area (Å²) in [5, 5.41) is 3.23. The Balaban J connectivity index is 2.26. The molecule has 2 atom stereocenters. The summed E-state index contributed by atoms with van der Waals surface area (Å²) in [6.45, 7) is 12.5. The summed E-state index contributed by atoms with van der Waals surface area (Å²) in [5.74, 6) is 0.559. The van der Waals surface area contributed by atoms with Crippen LogP contribution in [0.3, 0.4) is 0 Å². The Labute approximate surface area is 175 Å². The summed E-state index contributed by atoms with van der Waals surface area (Å²) >= 11 is 0. The number of amides is 1. The van der Waals surface area contributed by atoms with Crippen molar-refractivity contribution in [2.24, 2.45) is 5.73 Å². The second-order valence-electron chi connectivity index (χ2n) is 8.34. The molecule has 3 rings (SSSR count). The average molecular weight is 391 g/mol. The summed E-state index contributed by atoms with van der Waals surface area (Å²) in [4.78, 5) is 12.2. The minimum atomic E-state index is -0.404. The van der Waals surface area contributed by atoms with Gasteiger partial charge in [-0.15, -0.1) is 0 Å². The zero-order valence-corrected chi connectivity index (χ0v) is 18.3. The fraction of sp³-hybridized carbons (Fsp3) is 0.423. The van der Waals surface area contributed by atoms with Gasteiger partial charge in [0.1, 0.15) is 0 Å². The van der Waals surface area contributed by atoms with Crippen LogP contribution >= 0.6 is 0 Å². The highest BCUT2D eigenvalue weighted by molar-refractivity contribution is 6.02. The lowest BCUT2D eigenvalue weighted by Gasteiger charge is -2.27. The van der Waals surface area contributed by atoms with Crippen molar-refractivity contribution in [2.45, 2.75) is 71.6 Å². The molecule has 1 aliphatic carbocycles. The maximum Gasteiger partial charge on any atom is 0.251 e. The molecule has 0 heterocycles. The number of nitrogens with two attached hydrogens (primary N) is 1. The molecule has 0 fully saturated rings. The van der Waals surface area contributed by atoms with Crippen LogP contribution in [0.4, 0.5) is 5.69 Å². The third kappa shape index (κ3) is 3.96. The first kappa shape index (κ1) is 21.2. The van der Waals surface area contributed by atoms with Crippen LogP contribution in [0.15, 0.2) is 37.0 Å². The second kappa shape index (κ2) is 8.86. The Morgan fingerprint density at radius 1 is 1.34 bits per heavy atom. The molecule has 0 bridgehead atoms. The summed E-state index contributed by atoms with van der Waals surface area (Å²) in [6, 6.07) is 9.10. The predicted octanol–water partition coefficient (Wildman–Crippen LogP) is 6.66. The maximum absolute atomic E-state index is 12.2. The van der Waals surface area contributed by atoms with Crippen molar-refractivity contribution in [3.63, 3.8) is 0 Å². The van der Waals surface area contributed by atoms with Gasteiger partial charge >= 0.3 is 0 Å². The number of fused-ring (bicyclic) bond motifs is 1. The predicted molar refractivity (Wildman–Crippen MR) is 124 cm³/mol. The van der Waals surface area contributed by atoms with Crippen molar-refractivity contribution in [3.8, 4) is 11.1 Å². The Hall–Kier alpha value is -2.55. The highest BCUT2D eigenvalue weighted by Crippen LogP contribution is 2.42. The molecular weight excluding hydrogens is 356 g/mol. The molecule has 2 aromatic carbocycles. The number of nitrogens with one attached hydrogen (secondary N) is 1. The first-order chi connectivity index (χ1) is 13.9. The van der Waals surface area contributed by atoms with E-state index in [1.54, 1.807) is 6.20 Å². The van der Waals surface area contributed by atoms with Crippen LogP contribution in [0.5, 0.6) is 0 Å². The molecule has 0 aromatic heterocycles. The Bertz CT molecular complexity index is 929. The first-order valence-electron chi connectivity index (χ1n) is 10.9. The topological polar surface area (TPSA) is 55.1 Å². The van der Waals surface area contributed by atoms with Crippen LogP contribution < -0.4 is 11.1 Å². The SMILES string of the molecule is C=CNc1c(C(N)=O)c(C)cc(-c2ccc3c(c2)CCCC3CC)c1C(C)CC. The highest BCUT2D eigenvalue weighted by Gasteiger charge is 2.24. The minimum absolute atomic E-state index is 0.283. The van der Waals surface area contributed by atoms with Crippen LogP contribution in [0.1, 0.15) is 90.9 Å². The van der Waals surface area contributed by atoms with Crippen molar-refractivity contribution in [1.82, 2.24) is 0 Å². The van der Waals surface area contributed by atoms with Crippen LogP contribution in [0.25, 0.3) is 11.1 Å². The molecule has 0 aliphatic heterocycles. The smallest absolute Gasteiger partial charge is 0.251 e. The van der Waals surface area contributed by atoms with Gasteiger partial charge in [0.05, 0.1) is 11.3 Å². The molecule has 0 radical (unpaired) electrons. The number of carbonyl (C=O) groups is 1. The lowest BCUT2D eigenvalue weighted by molar-refractivity contribution is 0.100. The lowest BCUT2D eigenvalue weighted by Crippen LogP contribution is -2.17. The number of carbonyl (C=O) groups excluding carboxylic acids is 1. The number of aryl methyl sites for hydroxylation is 2. The normalized spacial score (nSPS) is 16.8. The van der Waals surface area contributed by atoms with Crippen molar-refractivity contribution < 1.29 is 4.79 Å². The van der Waals surface area contributed by atoms with Crippen LogP contribution in [-0.2, 0) is 6.42 Å². The van der Waals surface area contributed by atoms with Gasteiger partial charge in [-0.2, -0.15) is 0 Å². The molecule has 0 spiro atoms. The summed E-state index contributed by atoms with van der Waals surface area (Å²) in [6.07, 6.45) is 7.51. The number of hydrogen-bond acceptors (Lipinski definition) is 2. The van der Waals surface area contributed by atoms with Crippen molar-refractivity contribution >= 4 is 11.6 Å². The highest BCUT2D eigenvalue weighted by atomic mass is 16.1. The minimum Gasteiger partial charge on any atom is -0.366 e. The maximum atomic E-state index is 12.2. The van der Waals surface area contributed by atoms with Gasteiger partial charge in [-0.1, -0.05) is 51.6 Å². The molecule has 3 heteroatoms. The van der Waals surface area contributed by atoms with E-state index in [9.17, 15) is 4.79 Å². The van der Waals surface area contributed by atoms with Gasteiger partial charge in [0.15, 0.2) is 0 Å². The van der Waals surface area contributed by atoms with Crippen molar-refractivity contribution in [2.75, 3.05) is 5.32 Å². The van der Waals surface area contributed by atoms with Gasteiger partial charge in [-0.3, -0.25) is 4.79 Å². The fourth-order valence-electron chi connectivity index (χ4n) is 4.86. The van der Waals surface area contributed by atoms with E-state index < -0.39 is 5.91 Å². The van der Waals surface area contributed by atoms with E-state index in [0.29, 0.717) is 11.5 Å². The van der Waals surface area contributed by atoms with Crippen LogP contribution in [0.2, 0.25) is 0 Å². The van der Waals surface area contributed by atoms with E-state index >= 15 is 0 Å². The van der Waals surface area contributed by atoms with Gasteiger partial charge in [0.2, 0.25) is 0 Å². The fourth-order valence-corrected chi connectivity index (χ4v) is 4.86. The van der Waals surface area contributed by atoms with Gasteiger partial charge in [0, 0.05) is 0 Å². The number of primary amides is 1. The summed E-state index contributed by atoms with van der Waals surface area (Å²) in [5.41, 5.74) is 14.6. The van der Waals surface area contributed by atoms with Gasteiger partial charge in [-0.25, -0.2) is 0 Å². The van der Waals surface area contributed by atoms with E-state index in [-0.39, 0.29) is 5.92 Å². The molecule has 3 nitrogen and oxygen atoms in total. The van der Waals surface area contributed by atoms with Crippen LogP contribution in [-0.4, -0.2) is 5.91 Å². The Kier molecular flexibility index (Phi) is 6.46. The number of rotatable bonds is 7. The molecule has 29 heavy (non-hydrogen) atoms. The Morgan fingerprint density at radius 3 is 2.72 bits per heavy atom. The molecule has 2 aromatic rings. The summed E-state index contributed by atoms with van der Waals surface area (Å²) < 4.78 is 0. The third-order valence-electron chi connectivity index (χ3n) is 6.55.